The molecule has 38 heavy (non-hydrogen) atoms. The molecular formula is C30H36F3NO4. The molecule has 0 radical (unpaired) electrons. The Labute approximate surface area is 221 Å². The number of carbonyl (C=O) groups is 2. The second-order valence-corrected chi connectivity index (χ2v) is 11.9. The molecule has 3 unspecified atom stereocenters. The summed E-state index contributed by atoms with van der Waals surface area (Å²) in [6, 6.07) is 7.62. The minimum atomic E-state index is -4.58. The largest absolute Gasteiger partial charge is 0.490 e. The van der Waals surface area contributed by atoms with Crippen molar-refractivity contribution in [3.63, 3.8) is 0 Å². The fourth-order valence-corrected chi connectivity index (χ4v) is 7.26. The highest BCUT2D eigenvalue weighted by Crippen LogP contribution is 2.43. The van der Waals surface area contributed by atoms with Crippen LogP contribution >= 0.6 is 0 Å². The molecule has 206 valence electrons. The van der Waals surface area contributed by atoms with Crippen LogP contribution in [0.5, 0.6) is 5.75 Å². The number of hydrogen-bond donors (Lipinski definition) is 1. The molecule has 3 fully saturated rings. The Morgan fingerprint density at radius 2 is 1.63 bits per heavy atom. The van der Waals surface area contributed by atoms with Crippen molar-refractivity contribution < 1.29 is 32.6 Å². The molecule has 1 aliphatic carbocycles. The first-order valence-corrected chi connectivity index (χ1v) is 13.8. The van der Waals surface area contributed by atoms with E-state index in [9.17, 15) is 27.9 Å². The summed E-state index contributed by atoms with van der Waals surface area (Å²) in [5, 5.41) is 9.97. The van der Waals surface area contributed by atoms with Gasteiger partial charge in [-0.05, 0) is 85.6 Å². The maximum absolute atomic E-state index is 14.3. The van der Waals surface area contributed by atoms with Crippen LogP contribution in [0.25, 0.3) is 10.8 Å². The number of ether oxygens (including phenoxy) is 1. The quantitative estimate of drug-likeness (QED) is 0.458. The third kappa shape index (κ3) is 5.50. The molecule has 0 spiro atoms. The van der Waals surface area contributed by atoms with Gasteiger partial charge in [0.15, 0.2) is 0 Å². The monoisotopic (exact) mass is 531 g/mol. The van der Waals surface area contributed by atoms with Crippen LogP contribution in [0.15, 0.2) is 30.3 Å². The molecule has 1 N–H and O–H groups in total. The number of carbonyl (C=O) groups excluding carboxylic acids is 1. The second-order valence-electron chi connectivity index (χ2n) is 11.9. The van der Waals surface area contributed by atoms with Crippen LogP contribution in [0.1, 0.15) is 76.3 Å². The van der Waals surface area contributed by atoms with Crippen LogP contribution in [-0.2, 0) is 22.2 Å². The molecule has 3 aliphatic rings. The van der Waals surface area contributed by atoms with Crippen LogP contribution in [0.3, 0.4) is 0 Å². The minimum Gasteiger partial charge on any atom is -0.490 e. The molecule has 2 saturated heterocycles. The lowest BCUT2D eigenvalue weighted by molar-refractivity contribution is -0.152. The van der Waals surface area contributed by atoms with Gasteiger partial charge < -0.3 is 14.7 Å². The first-order chi connectivity index (χ1) is 18.0. The lowest BCUT2D eigenvalue weighted by atomic mass is 9.78. The highest BCUT2D eigenvalue weighted by Gasteiger charge is 2.43. The van der Waals surface area contributed by atoms with E-state index in [1.54, 1.807) is 18.2 Å². The van der Waals surface area contributed by atoms with Gasteiger partial charge in [-0.25, -0.2) is 0 Å². The third-order valence-electron chi connectivity index (χ3n) is 8.73. The van der Waals surface area contributed by atoms with Gasteiger partial charge in [-0.2, -0.15) is 13.2 Å². The Kier molecular flexibility index (Phi) is 7.35. The van der Waals surface area contributed by atoms with E-state index in [-0.39, 0.29) is 41.7 Å². The lowest BCUT2D eigenvalue weighted by Crippen LogP contribution is -2.56. The van der Waals surface area contributed by atoms with Crippen molar-refractivity contribution in [2.75, 3.05) is 0 Å². The van der Waals surface area contributed by atoms with Gasteiger partial charge in [0.1, 0.15) is 11.3 Å². The maximum atomic E-state index is 14.3. The molecule has 0 aromatic heterocycles. The number of carboxylic acids is 1. The predicted molar refractivity (Wildman–Crippen MR) is 138 cm³/mol. The summed E-state index contributed by atoms with van der Waals surface area (Å²) >= 11 is 0. The van der Waals surface area contributed by atoms with Crippen molar-refractivity contribution in [3.05, 3.63) is 41.5 Å². The third-order valence-corrected chi connectivity index (χ3v) is 8.73. The summed E-state index contributed by atoms with van der Waals surface area (Å²) in [5.41, 5.74) is -0.110. The number of fused-ring (bicyclic) bond motifs is 3. The van der Waals surface area contributed by atoms with Gasteiger partial charge in [0, 0.05) is 12.1 Å². The van der Waals surface area contributed by atoms with E-state index in [1.165, 1.54) is 12.1 Å². The van der Waals surface area contributed by atoms with Gasteiger partial charge in [0.25, 0.3) is 0 Å². The SMILES string of the molecule is C[C@@H]1CC(Oc2ccc3cc(CC(=O)N4C5CCCC4CC(C(=O)O)C5)ccc3c2C(F)(F)F)C[C@H](C)C1. The predicted octanol–water partition coefficient (Wildman–Crippen LogP) is 6.85. The van der Waals surface area contributed by atoms with E-state index >= 15 is 0 Å². The van der Waals surface area contributed by atoms with Crippen LogP contribution in [0.2, 0.25) is 0 Å². The van der Waals surface area contributed by atoms with Crippen molar-refractivity contribution in [2.45, 2.75) is 96.0 Å². The number of hydrogen-bond acceptors (Lipinski definition) is 3. The molecule has 2 aromatic carbocycles. The van der Waals surface area contributed by atoms with E-state index < -0.39 is 23.6 Å². The van der Waals surface area contributed by atoms with E-state index in [0.717, 1.165) is 38.5 Å². The zero-order valence-corrected chi connectivity index (χ0v) is 22.0. The first-order valence-electron chi connectivity index (χ1n) is 13.8. The number of alkyl halides is 3. The smallest absolute Gasteiger partial charge is 0.420 e. The molecule has 5 nitrogen and oxygen atoms in total. The average molecular weight is 532 g/mol. The summed E-state index contributed by atoms with van der Waals surface area (Å²) in [5.74, 6) is -0.623. The maximum Gasteiger partial charge on any atom is 0.420 e. The van der Waals surface area contributed by atoms with Crippen molar-refractivity contribution in [1.82, 2.24) is 4.90 Å². The first kappa shape index (κ1) is 26.8. The van der Waals surface area contributed by atoms with E-state index in [4.69, 9.17) is 4.74 Å². The van der Waals surface area contributed by atoms with Crippen molar-refractivity contribution in [3.8, 4) is 5.75 Å². The molecule has 5 atom stereocenters. The molecule has 1 amide bonds. The Hall–Kier alpha value is -2.77. The van der Waals surface area contributed by atoms with Crippen LogP contribution in [-0.4, -0.2) is 40.1 Å². The van der Waals surface area contributed by atoms with E-state index in [1.807, 2.05) is 4.90 Å². The van der Waals surface area contributed by atoms with Gasteiger partial charge in [-0.3, -0.25) is 9.59 Å². The molecule has 1 saturated carbocycles. The Morgan fingerprint density at radius 1 is 0.974 bits per heavy atom. The minimum absolute atomic E-state index is 0.0715. The van der Waals surface area contributed by atoms with Crippen LogP contribution in [0, 0.1) is 17.8 Å². The number of aliphatic carboxylic acids is 1. The number of benzene rings is 2. The summed E-state index contributed by atoms with van der Waals surface area (Å²) < 4.78 is 48.8. The number of carboxylic acid groups (broad SMARTS) is 1. The number of piperidine rings is 2. The molecule has 2 bridgehead atoms. The van der Waals surface area contributed by atoms with E-state index in [2.05, 4.69) is 13.8 Å². The zero-order chi connectivity index (χ0) is 27.2. The van der Waals surface area contributed by atoms with Crippen LogP contribution in [0.4, 0.5) is 13.2 Å². The average Bonchev–Trinajstić information content (AvgIpc) is 2.81. The van der Waals surface area contributed by atoms with Crippen molar-refractivity contribution >= 4 is 22.6 Å². The van der Waals surface area contributed by atoms with Gasteiger partial charge in [0.05, 0.1) is 18.4 Å². The molecule has 2 heterocycles. The number of amides is 1. The summed E-state index contributed by atoms with van der Waals surface area (Å²) in [6.45, 7) is 4.23. The molecule has 8 heteroatoms. The molecule has 2 aromatic rings. The lowest BCUT2D eigenvalue weighted by Gasteiger charge is -2.48. The Bertz CT molecular complexity index is 1190. The Balaban J connectivity index is 1.38. The molecule has 2 aliphatic heterocycles. The number of rotatable bonds is 5. The molecule has 5 rings (SSSR count). The zero-order valence-electron chi connectivity index (χ0n) is 22.0. The van der Waals surface area contributed by atoms with E-state index in [0.29, 0.717) is 35.6 Å². The number of halogens is 3. The Morgan fingerprint density at radius 3 is 2.24 bits per heavy atom. The van der Waals surface area contributed by atoms with Gasteiger partial charge in [-0.1, -0.05) is 38.1 Å². The highest BCUT2D eigenvalue weighted by molar-refractivity contribution is 5.90. The van der Waals surface area contributed by atoms with Gasteiger partial charge in [0.2, 0.25) is 5.91 Å². The van der Waals surface area contributed by atoms with Crippen molar-refractivity contribution in [2.24, 2.45) is 17.8 Å². The van der Waals surface area contributed by atoms with Crippen LogP contribution < -0.4 is 4.74 Å². The fraction of sp³-hybridized carbons (Fsp3) is 0.600. The fourth-order valence-electron chi connectivity index (χ4n) is 7.26. The summed E-state index contributed by atoms with van der Waals surface area (Å²) in [4.78, 5) is 26.7. The van der Waals surface area contributed by atoms with Gasteiger partial charge in [-0.15, -0.1) is 0 Å². The molecular weight excluding hydrogens is 495 g/mol. The topological polar surface area (TPSA) is 66.8 Å². The standard InChI is InChI=1S/C30H36F3NO4/c1-17-10-18(2)12-24(11-17)38-26-9-7-20-13-19(6-8-25(20)28(26)30(31,32)33)14-27(35)34-22-4-3-5-23(34)16-21(15-22)29(36)37/h6-9,13,17-18,21-24H,3-5,10-12,14-16H2,1-2H3,(H,36,37)/t17-,18+,21?,22?,23?,24?. The number of nitrogens with zero attached hydrogens (tertiary/aromatic N) is 1. The second kappa shape index (κ2) is 10.4. The highest BCUT2D eigenvalue weighted by atomic mass is 19.4. The normalized spacial score (nSPS) is 29.8. The summed E-state index contributed by atoms with van der Waals surface area (Å²) in [7, 11) is 0. The summed E-state index contributed by atoms with van der Waals surface area (Å²) in [6.07, 6.45) is 1.29. The van der Waals surface area contributed by atoms with Crippen molar-refractivity contribution in [1.29, 1.82) is 0 Å². The van der Waals surface area contributed by atoms with Gasteiger partial charge >= 0.3 is 12.1 Å².